The van der Waals surface area contributed by atoms with E-state index in [0.717, 1.165) is 11.3 Å². The van der Waals surface area contributed by atoms with Crippen LogP contribution in [-0.2, 0) is 14.3 Å². The first-order valence-electron chi connectivity index (χ1n) is 10.9. The number of ketones is 1. The van der Waals surface area contributed by atoms with Crippen molar-refractivity contribution in [2.24, 2.45) is 5.92 Å². The van der Waals surface area contributed by atoms with Crippen LogP contribution in [-0.4, -0.2) is 37.9 Å². The second kappa shape index (κ2) is 10.2. The topological polar surface area (TPSA) is 82.1 Å². The second-order valence-electron chi connectivity index (χ2n) is 8.08. The third-order valence-corrected chi connectivity index (χ3v) is 5.60. The van der Waals surface area contributed by atoms with Crippen molar-refractivity contribution < 1.29 is 28.6 Å². The quantitative estimate of drug-likeness (QED) is 0.362. The molecule has 0 spiro atoms. The van der Waals surface area contributed by atoms with Gasteiger partial charge in [0.1, 0.15) is 17.2 Å². The average molecular weight is 459 g/mol. The number of esters is 1. The number of Topliss-reactive ketones (excluding diaryl/α,β-unsaturated/α-hetero) is 1. The van der Waals surface area contributed by atoms with Crippen LogP contribution in [0, 0.1) is 12.8 Å². The van der Waals surface area contributed by atoms with E-state index in [4.69, 9.17) is 14.2 Å². The number of anilines is 1. The van der Waals surface area contributed by atoms with Crippen molar-refractivity contribution in [3.63, 3.8) is 0 Å². The molecule has 0 unspecified atom stereocenters. The van der Waals surface area contributed by atoms with E-state index < -0.39 is 11.9 Å². The molecule has 1 aliphatic heterocycles. The molecule has 1 saturated heterocycles. The fourth-order valence-electron chi connectivity index (χ4n) is 3.69. The summed E-state index contributed by atoms with van der Waals surface area (Å²) in [5.74, 6) is 0.212. The van der Waals surface area contributed by atoms with Crippen LogP contribution in [0.1, 0.15) is 22.3 Å². The van der Waals surface area contributed by atoms with E-state index in [2.05, 4.69) is 0 Å². The zero-order valence-corrected chi connectivity index (χ0v) is 19.0. The number of ether oxygens (including phenoxy) is 3. The minimum absolute atomic E-state index is 0.0355. The monoisotopic (exact) mass is 459 g/mol. The highest BCUT2D eigenvalue weighted by Gasteiger charge is 2.36. The van der Waals surface area contributed by atoms with Gasteiger partial charge in [-0.1, -0.05) is 29.8 Å². The van der Waals surface area contributed by atoms with Crippen LogP contribution in [0.25, 0.3) is 0 Å². The fourth-order valence-corrected chi connectivity index (χ4v) is 3.69. The highest BCUT2D eigenvalue weighted by atomic mass is 16.5. The molecule has 3 aromatic rings. The summed E-state index contributed by atoms with van der Waals surface area (Å²) in [7, 11) is 1.51. The van der Waals surface area contributed by atoms with Gasteiger partial charge in [0.2, 0.25) is 5.91 Å². The van der Waals surface area contributed by atoms with Crippen molar-refractivity contribution in [2.75, 3.05) is 25.2 Å². The summed E-state index contributed by atoms with van der Waals surface area (Å²) < 4.78 is 16.1. The van der Waals surface area contributed by atoms with Crippen LogP contribution < -0.4 is 14.4 Å². The first-order chi connectivity index (χ1) is 16.4. The van der Waals surface area contributed by atoms with E-state index in [1.807, 2.05) is 31.2 Å². The van der Waals surface area contributed by atoms with Gasteiger partial charge in [-0.15, -0.1) is 0 Å². The Hall–Kier alpha value is -4.13. The van der Waals surface area contributed by atoms with Gasteiger partial charge in [0.05, 0.1) is 13.0 Å². The Morgan fingerprint density at radius 3 is 2.29 bits per heavy atom. The molecule has 1 atom stereocenters. The van der Waals surface area contributed by atoms with Crippen LogP contribution in [0.15, 0.2) is 72.8 Å². The molecule has 1 heterocycles. The molecule has 0 N–H and O–H groups in total. The molecule has 7 nitrogen and oxygen atoms in total. The maximum atomic E-state index is 12.5. The van der Waals surface area contributed by atoms with Crippen molar-refractivity contribution in [1.29, 1.82) is 0 Å². The van der Waals surface area contributed by atoms with Gasteiger partial charge in [-0.25, -0.2) is 0 Å². The summed E-state index contributed by atoms with van der Waals surface area (Å²) in [6.45, 7) is 1.82. The smallest absolute Gasteiger partial charge is 0.311 e. The number of aryl methyl sites for hydroxylation is 1. The van der Waals surface area contributed by atoms with Gasteiger partial charge in [0, 0.05) is 24.2 Å². The van der Waals surface area contributed by atoms with Crippen molar-refractivity contribution in [3.05, 3.63) is 83.9 Å². The molecule has 0 aliphatic carbocycles. The SMILES string of the molecule is COc1cccc(C(=O)COC(=O)[C@@H]2CC(=O)N(c3ccc(Oc4ccc(C)cc4)cc3)C2)c1. The third-order valence-electron chi connectivity index (χ3n) is 5.60. The van der Waals surface area contributed by atoms with Crippen LogP contribution in [0.2, 0.25) is 0 Å². The lowest BCUT2D eigenvalue weighted by Crippen LogP contribution is -2.27. The number of rotatable bonds is 8. The number of carbonyl (C=O) groups excluding carboxylic acids is 3. The summed E-state index contributed by atoms with van der Waals surface area (Å²) in [4.78, 5) is 38.9. The Morgan fingerprint density at radius 2 is 1.62 bits per heavy atom. The molecule has 4 rings (SSSR count). The predicted molar refractivity (Wildman–Crippen MR) is 126 cm³/mol. The lowest BCUT2D eigenvalue weighted by atomic mass is 10.1. The van der Waals surface area contributed by atoms with Gasteiger partial charge in [-0.3, -0.25) is 14.4 Å². The molecule has 3 aromatic carbocycles. The minimum atomic E-state index is -0.630. The fraction of sp³-hybridized carbons (Fsp3) is 0.222. The van der Waals surface area contributed by atoms with Crippen LogP contribution in [0.3, 0.4) is 0 Å². The molecule has 1 aliphatic rings. The largest absolute Gasteiger partial charge is 0.497 e. The molecule has 1 amide bonds. The van der Waals surface area contributed by atoms with Gasteiger partial charge < -0.3 is 19.1 Å². The van der Waals surface area contributed by atoms with Gasteiger partial charge in [-0.2, -0.15) is 0 Å². The Bertz CT molecular complexity index is 1190. The normalized spacial score (nSPS) is 15.2. The summed E-state index contributed by atoms with van der Waals surface area (Å²) >= 11 is 0. The average Bonchev–Trinajstić information content (AvgIpc) is 3.26. The summed E-state index contributed by atoms with van der Waals surface area (Å²) in [5, 5.41) is 0. The van der Waals surface area contributed by atoms with Crippen LogP contribution in [0.5, 0.6) is 17.2 Å². The van der Waals surface area contributed by atoms with E-state index in [1.54, 1.807) is 53.4 Å². The molecular formula is C27H25NO6. The first-order valence-corrected chi connectivity index (χ1v) is 10.9. The zero-order valence-electron chi connectivity index (χ0n) is 19.0. The number of hydrogen-bond acceptors (Lipinski definition) is 6. The molecule has 1 fully saturated rings. The number of methoxy groups -OCH3 is 1. The summed E-state index contributed by atoms with van der Waals surface area (Å²) in [5.41, 5.74) is 2.21. The van der Waals surface area contributed by atoms with Crippen LogP contribution >= 0.6 is 0 Å². The van der Waals surface area contributed by atoms with Crippen molar-refractivity contribution in [1.82, 2.24) is 0 Å². The molecule has 0 bridgehead atoms. The van der Waals surface area contributed by atoms with Gasteiger partial charge in [0.15, 0.2) is 12.4 Å². The number of benzene rings is 3. The number of hydrogen-bond donors (Lipinski definition) is 0. The van der Waals surface area contributed by atoms with E-state index in [-0.39, 0.29) is 31.3 Å². The first kappa shape index (κ1) is 23.0. The third kappa shape index (κ3) is 5.43. The molecular weight excluding hydrogens is 434 g/mol. The lowest BCUT2D eigenvalue weighted by molar-refractivity contribution is -0.147. The summed E-state index contributed by atoms with van der Waals surface area (Å²) in [6, 6.07) is 21.5. The highest BCUT2D eigenvalue weighted by molar-refractivity contribution is 6.01. The molecule has 0 saturated carbocycles. The molecule has 34 heavy (non-hydrogen) atoms. The standard InChI is InChI=1S/C27H25NO6/c1-18-6-10-22(11-7-18)34-23-12-8-21(9-13-23)28-16-20(15-26(28)30)27(31)33-17-25(29)19-4-3-5-24(14-19)32-2/h3-14,20H,15-17H2,1-2H3/t20-/m1/s1. The van der Waals surface area contributed by atoms with E-state index in [0.29, 0.717) is 22.7 Å². The van der Waals surface area contributed by atoms with E-state index in [9.17, 15) is 14.4 Å². The Kier molecular flexibility index (Phi) is 6.92. The summed E-state index contributed by atoms with van der Waals surface area (Å²) in [6.07, 6.45) is 0.0355. The Labute approximate surface area is 197 Å². The van der Waals surface area contributed by atoms with Crippen LogP contribution in [0.4, 0.5) is 5.69 Å². The number of amides is 1. The minimum Gasteiger partial charge on any atom is -0.497 e. The second-order valence-corrected chi connectivity index (χ2v) is 8.08. The maximum Gasteiger partial charge on any atom is 0.311 e. The predicted octanol–water partition coefficient (Wildman–Crippen LogP) is 4.57. The van der Waals surface area contributed by atoms with Gasteiger partial charge >= 0.3 is 5.97 Å². The maximum absolute atomic E-state index is 12.5. The molecule has 0 radical (unpaired) electrons. The van der Waals surface area contributed by atoms with E-state index >= 15 is 0 Å². The molecule has 0 aromatic heterocycles. The molecule has 7 heteroatoms. The lowest BCUT2D eigenvalue weighted by Gasteiger charge is -2.17. The highest BCUT2D eigenvalue weighted by Crippen LogP contribution is 2.29. The van der Waals surface area contributed by atoms with E-state index in [1.165, 1.54) is 7.11 Å². The Balaban J connectivity index is 1.32. The van der Waals surface area contributed by atoms with Gasteiger partial charge in [0.25, 0.3) is 0 Å². The van der Waals surface area contributed by atoms with Crippen molar-refractivity contribution in [3.8, 4) is 17.2 Å². The Morgan fingerprint density at radius 1 is 0.941 bits per heavy atom. The number of carbonyl (C=O) groups is 3. The van der Waals surface area contributed by atoms with Crippen molar-refractivity contribution in [2.45, 2.75) is 13.3 Å². The van der Waals surface area contributed by atoms with Crippen molar-refractivity contribution >= 4 is 23.3 Å². The molecule has 174 valence electrons. The zero-order chi connectivity index (χ0) is 24.1. The number of nitrogens with zero attached hydrogens (tertiary/aromatic N) is 1. The van der Waals surface area contributed by atoms with Gasteiger partial charge in [-0.05, 0) is 55.5 Å².